The molecule has 0 aliphatic heterocycles. The average Bonchev–Trinajstić information content (AvgIpc) is 3.31. The molecule has 1 aliphatic carbocycles. The lowest BCUT2D eigenvalue weighted by atomic mass is 10.2. The zero-order valence-corrected chi connectivity index (χ0v) is 17.4. The van der Waals surface area contributed by atoms with Crippen LogP contribution in [0, 0.1) is 0 Å². The molecule has 1 aliphatic rings. The Bertz CT molecular complexity index is 1010. The molecule has 0 radical (unpaired) electrons. The first-order valence-corrected chi connectivity index (χ1v) is 12.1. The second-order valence-corrected chi connectivity index (χ2v) is 10.6. The van der Waals surface area contributed by atoms with E-state index in [1.54, 1.807) is 0 Å². The van der Waals surface area contributed by atoms with Gasteiger partial charge in [0.1, 0.15) is 0 Å². The smallest absolute Gasteiger partial charge is 0.240 e. The van der Waals surface area contributed by atoms with Crippen molar-refractivity contribution in [2.45, 2.75) is 61.3 Å². The largest absolute Gasteiger partial charge is 0.339 e. The number of sulfonamides is 2. The van der Waals surface area contributed by atoms with Gasteiger partial charge in [0.05, 0.1) is 9.79 Å². The summed E-state index contributed by atoms with van der Waals surface area (Å²) in [6, 6.07) is 5.16. The van der Waals surface area contributed by atoms with E-state index >= 15 is 0 Å². The van der Waals surface area contributed by atoms with Gasteiger partial charge in [-0.05, 0) is 43.5 Å². The quantitative estimate of drug-likeness (QED) is 0.549. The number of nitrogens with one attached hydrogen (secondary N) is 2. The van der Waals surface area contributed by atoms with Crippen LogP contribution in [0.15, 0.2) is 38.6 Å². The van der Waals surface area contributed by atoms with E-state index in [1.807, 2.05) is 13.8 Å². The van der Waals surface area contributed by atoms with Crippen LogP contribution in [0.5, 0.6) is 0 Å². The van der Waals surface area contributed by atoms with Crippen molar-refractivity contribution in [2.75, 3.05) is 6.54 Å². The summed E-state index contributed by atoms with van der Waals surface area (Å²) in [5.41, 5.74) is 0. The van der Waals surface area contributed by atoms with E-state index in [4.69, 9.17) is 4.52 Å². The zero-order valence-electron chi connectivity index (χ0n) is 15.8. The predicted octanol–water partition coefficient (Wildman–Crippen LogP) is 1.54. The van der Waals surface area contributed by atoms with Crippen molar-refractivity contribution in [3.63, 3.8) is 0 Å². The molecule has 3 rings (SSSR count). The SMILES string of the molecule is CC(C)c1noc(CCCNS(=O)(=O)c2ccc(S(=O)(=O)NC3CC3)cc2)n1. The van der Waals surface area contributed by atoms with Gasteiger partial charge in [-0.1, -0.05) is 19.0 Å². The van der Waals surface area contributed by atoms with Crippen molar-refractivity contribution in [3.8, 4) is 0 Å². The van der Waals surface area contributed by atoms with Crippen molar-refractivity contribution in [2.24, 2.45) is 0 Å². The molecule has 2 N–H and O–H groups in total. The summed E-state index contributed by atoms with van der Waals surface area (Å²) in [6.45, 7) is 4.12. The van der Waals surface area contributed by atoms with Crippen LogP contribution in [0.3, 0.4) is 0 Å². The normalized spacial score (nSPS) is 15.2. The average molecular weight is 429 g/mol. The van der Waals surface area contributed by atoms with Crippen LogP contribution in [0.25, 0.3) is 0 Å². The lowest BCUT2D eigenvalue weighted by Crippen LogP contribution is -2.26. The Hall–Kier alpha value is -1.82. The van der Waals surface area contributed by atoms with E-state index in [1.165, 1.54) is 24.3 Å². The fourth-order valence-electron chi connectivity index (χ4n) is 2.42. The first kappa shape index (κ1) is 20.9. The van der Waals surface area contributed by atoms with Gasteiger partial charge in [0.2, 0.25) is 25.9 Å². The molecule has 1 fully saturated rings. The topological polar surface area (TPSA) is 131 Å². The highest BCUT2D eigenvalue weighted by Crippen LogP contribution is 2.22. The summed E-state index contributed by atoms with van der Waals surface area (Å²) in [5, 5.41) is 3.86. The third-order valence-electron chi connectivity index (χ3n) is 4.20. The molecule has 28 heavy (non-hydrogen) atoms. The highest BCUT2D eigenvalue weighted by atomic mass is 32.2. The molecular weight excluding hydrogens is 404 g/mol. The lowest BCUT2D eigenvalue weighted by molar-refractivity contribution is 0.368. The van der Waals surface area contributed by atoms with Crippen molar-refractivity contribution < 1.29 is 21.4 Å². The van der Waals surface area contributed by atoms with Gasteiger partial charge in [0.25, 0.3) is 0 Å². The number of nitrogens with zero attached hydrogens (tertiary/aromatic N) is 2. The Morgan fingerprint density at radius 1 is 1.07 bits per heavy atom. The maximum atomic E-state index is 12.4. The molecule has 0 atom stereocenters. The summed E-state index contributed by atoms with van der Waals surface area (Å²) in [7, 11) is -7.33. The molecule has 11 heteroatoms. The fraction of sp³-hybridized carbons (Fsp3) is 0.529. The van der Waals surface area contributed by atoms with Crippen LogP contribution in [0.1, 0.15) is 50.7 Å². The Morgan fingerprint density at radius 2 is 1.68 bits per heavy atom. The summed E-state index contributed by atoms with van der Waals surface area (Å²) < 4.78 is 59.2. The molecule has 0 unspecified atom stereocenters. The first-order valence-electron chi connectivity index (χ1n) is 9.12. The van der Waals surface area contributed by atoms with E-state index in [2.05, 4.69) is 19.6 Å². The first-order chi connectivity index (χ1) is 13.2. The van der Waals surface area contributed by atoms with Gasteiger partial charge in [0, 0.05) is 24.9 Å². The van der Waals surface area contributed by atoms with Crippen molar-refractivity contribution in [3.05, 3.63) is 36.0 Å². The molecule has 0 amide bonds. The zero-order chi connectivity index (χ0) is 20.4. The predicted molar refractivity (Wildman–Crippen MR) is 102 cm³/mol. The van der Waals surface area contributed by atoms with Gasteiger partial charge in [-0.2, -0.15) is 4.98 Å². The maximum Gasteiger partial charge on any atom is 0.240 e. The van der Waals surface area contributed by atoms with Crippen molar-refractivity contribution in [1.82, 2.24) is 19.6 Å². The van der Waals surface area contributed by atoms with E-state index in [9.17, 15) is 16.8 Å². The minimum absolute atomic E-state index is 0.00875. The molecule has 1 saturated carbocycles. The summed E-state index contributed by atoms with van der Waals surface area (Å²) in [5.74, 6) is 1.27. The molecule has 1 aromatic carbocycles. The van der Waals surface area contributed by atoms with E-state index in [0.29, 0.717) is 24.6 Å². The summed E-state index contributed by atoms with van der Waals surface area (Å²) in [4.78, 5) is 4.30. The van der Waals surface area contributed by atoms with Gasteiger partial charge < -0.3 is 4.52 Å². The van der Waals surface area contributed by atoms with Gasteiger partial charge in [-0.25, -0.2) is 26.3 Å². The fourth-order valence-corrected chi connectivity index (χ4v) is 4.80. The second-order valence-electron chi connectivity index (χ2n) is 7.07. The number of hydrogen-bond acceptors (Lipinski definition) is 7. The third-order valence-corrected chi connectivity index (χ3v) is 7.22. The van der Waals surface area contributed by atoms with E-state index in [0.717, 1.165) is 12.8 Å². The van der Waals surface area contributed by atoms with Gasteiger partial charge in [0.15, 0.2) is 5.82 Å². The molecule has 9 nitrogen and oxygen atoms in total. The van der Waals surface area contributed by atoms with E-state index < -0.39 is 20.0 Å². The molecule has 2 aromatic rings. The van der Waals surface area contributed by atoms with Gasteiger partial charge >= 0.3 is 0 Å². The van der Waals surface area contributed by atoms with Crippen molar-refractivity contribution >= 4 is 20.0 Å². The molecule has 0 spiro atoms. The minimum atomic E-state index is -3.73. The maximum absolute atomic E-state index is 12.4. The lowest BCUT2D eigenvalue weighted by Gasteiger charge is -2.08. The minimum Gasteiger partial charge on any atom is -0.339 e. The number of aryl methyl sites for hydroxylation is 1. The van der Waals surface area contributed by atoms with Crippen LogP contribution < -0.4 is 9.44 Å². The van der Waals surface area contributed by atoms with Crippen LogP contribution in [-0.2, 0) is 26.5 Å². The summed E-state index contributed by atoms with van der Waals surface area (Å²) >= 11 is 0. The van der Waals surface area contributed by atoms with Crippen LogP contribution in [0.2, 0.25) is 0 Å². The second kappa shape index (κ2) is 8.27. The van der Waals surface area contributed by atoms with Gasteiger partial charge in [-0.3, -0.25) is 0 Å². The van der Waals surface area contributed by atoms with Crippen molar-refractivity contribution in [1.29, 1.82) is 0 Å². The third kappa shape index (κ3) is 5.37. The number of rotatable bonds is 10. The highest BCUT2D eigenvalue weighted by Gasteiger charge is 2.28. The van der Waals surface area contributed by atoms with Crippen LogP contribution in [0.4, 0.5) is 0 Å². The standard InChI is InChI=1S/C17H24N4O5S2/c1-12(2)17-19-16(26-20-17)4-3-11-18-27(22,23)14-7-9-15(10-8-14)28(24,25)21-13-5-6-13/h7-10,12-13,18,21H,3-6,11H2,1-2H3. The molecule has 154 valence electrons. The summed E-state index contributed by atoms with van der Waals surface area (Å²) in [6.07, 6.45) is 2.62. The number of hydrogen-bond donors (Lipinski definition) is 2. The molecule has 1 aromatic heterocycles. The molecular formula is C17H24N4O5S2. The van der Waals surface area contributed by atoms with Crippen LogP contribution >= 0.6 is 0 Å². The molecule has 0 bridgehead atoms. The molecule has 1 heterocycles. The molecule has 0 saturated heterocycles. The highest BCUT2D eigenvalue weighted by molar-refractivity contribution is 7.90. The van der Waals surface area contributed by atoms with Crippen LogP contribution in [-0.4, -0.2) is 39.6 Å². The van der Waals surface area contributed by atoms with E-state index in [-0.39, 0.29) is 28.3 Å². The number of aromatic nitrogens is 2. The monoisotopic (exact) mass is 428 g/mol. The Labute approximate surface area is 165 Å². The Morgan fingerprint density at radius 3 is 2.21 bits per heavy atom. The van der Waals surface area contributed by atoms with Gasteiger partial charge in [-0.15, -0.1) is 0 Å². The number of benzene rings is 1. The Balaban J connectivity index is 1.53. The Kier molecular flexibility index (Phi) is 6.18.